The first-order valence-corrected chi connectivity index (χ1v) is 10.4. The fraction of sp³-hybridized carbons (Fsp3) is 0.318. The second-order valence-corrected chi connectivity index (χ2v) is 8.25. The third-order valence-electron chi connectivity index (χ3n) is 4.23. The van der Waals surface area contributed by atoms with Crippen LogP contribution in [0.1, 0.15) is 49.7 Å². The maximum Gasteiger partial charge on any atom is 0.261 e. The van der Waals surface area contributed by atoms with E-state index in [0.717, 1.165) is 16.5 Å². The number of hydrogen-bond acceptors (Lipinski definition) is 5. The number of anilines is 1. The fourth-order valence-electron chi connectivity index (χ4n) is 2.80. The molecule has 29 heavy (non-hydrogen) atoms. The average Bonchev–Trinajstić information content (AvgIpc) is 3.14. The molecule has 0 aliphatic heterocycles. The van der Waals surface area contributed by atoms with Crippen molar-refractivity contribution in [1.82, 2.24) is 10.3 Å². The van der Waals surface area contributed by atoms with Gasteiger partial charge in [-0.1, -0.05) is 38.1 Å². The summed E-state index contributed by atoms with van der Waals surface area (Å²) in [6, 6.07) is 11.3. The number of hydrogen-bond donors (Lipinski definition) is 2. The first kappa shape index (κ1) is 20.8. The minimum Gasteiger partial charge on any atom is -0.483 e. The third-order valence-corrected chi connectivity index (χ3v) is 5.01. The van der Waals surface area contributed by atoms with Crippen LogP contribution in [0.15, 0.2) is 41.8 Å². The molecule has 2 amide bonds. The van der Waals surface area contributed by atoms with E-state index in [1.165, 1.54) is 11.3 Å². The van der Waals surface area contributed by atoms with E-state index < -0.39 is 0 Å². The van der Waals surface area contributed by atoms with Crippen molar-refractivity contribution in [1.29, 1.82) is 0 Å². The highest BCUT2D eigenvalue weighted by molar-refractivity contribution is 7.14. The summed E-state index contributed by atoms with van der Waals surface area (Å²) in [5.74, 6) is 0.0948. The molecule has 6 nitrogen and oxygen atoms in total. The lowest BCUT2D eigenvalue weighted by Crippen LogP contribution is -2.34. The van der Waals surface area contributed by atoms with Gasteiger partial charge in [0, 0.05) is 11.4 Å². The number of ether oxygens (including phenoxy) is 1. The first-order valence-electron chi connectivity index (χ1n) is 9.55. The van der Waals surface area contributed by atoms with E-state index in [2.05, 4.69) is 29.5 Å². The summed E-state index contributed by atoms with van der Waals surface area (Å²) in [7, 11) is 0. The minimum atomic E-state index is -0.320. The summed E-state index contributed by atoms with van der Waals surface area (Å²) >= 11 is 1.39. The van der Waals surface area contributed by atoms with Gasteiger partial charge in [0.1, 0.15) is 5.75 Å². The highest BCUT2D eigenvalue weighted by atomic mass is 32.1. The van der Waals surface area contributed by atoms with E-state index in [1.807, 2.05) is 43.5 Å². The van der Waals surface area contributed by atoms with Crippen molar-refractivity contribution in [2.24, 2.45) is 0 Å². The van der Waals surface area contributed by atoms with Gasteiger partial charge in [-0.3, -0.25) is 14.9 Å². The third kappa shape index (κ3) is 5.32. The Kier molecular flexibility index (Phi) is 6.49. The summed E-state index contributed by atoms with van der Waals surface area (Å²) in [6.07, 6.45) is 0. The highest BCUT2D eigenvalue weighted by Crippen LogP contribution is 2.28. The number of carbonyl (C=O) groups is 2. The molecule has 0 saturated heterocycles. The number of nitrogens with one attached hydrogen (secondary N) is 2. The Labute approximate surface area is 174 Å². The van der Waals surface area contributed by atoms with E-state index in [0.29, 0.717) is 16.4 Å². The number of rotatable bonds is 7. The van der Waals surface area contributed by atoms with Crippen LogP contribution in [-0.4, -0.2) is 29.4 Å². The van der Waals surface area contributed by atoms with Crippen LogP contribution in [0.25, 0.3) is 10.8 Å². The van der Waals surface area contributed by atoms with Gasteiger partial charge in [-0.15, -0.1) is 11.3 Å². The smallest absolute Gasteiger partial charge is 0.261 e. The van der Waals surface area contributed by atoms with Gasteiger partial charge in [-0.05, 0) is 42.7 Å². The predicted molar refractivity (Wildman–Crippen MR) is 117 cm³/mol. The Bertz CT molecular complexity index is 1030. The van der Waals surface area contributed by atoms with Gasteiger partial charge in [0.15, 0.2) is 11.7 Å². The van der Waals surface area contributed by atoms with Crippen LogP contribution < -0.4 is 15.4 Å². The van der Waals surface area contributed by atoms with E-state index in [9.17, 15) is 9.59 Å². The summed E-state index contributed by atoms with van der Waals surface area (Å²) in [5, 5.41) is 9.95. The molecule has 2 aromatic carbocycles. The number of fused-ring (bicyclic) bond motifs is 1. The van der Waals surface area contributed by atoms with Crippen molar-refractivity contribution in [3.63, 3.8) is 0 Å². The zero-order valence-corrected chi connectivity index (χ0v) is 17.8. The van der Waals surface area contributed by atoms with Gasteiger partial charge in [0.25, 0.3) is 11.8 Å². The van der Waals surface area contributed by atoms with Crippen molar-refractivity contribution in [3.8, 4) is 5.75 Å². The van der Waals surface area contributed by atoms with Gasteiger partial charge in [0.05, 0.1) is 11.3 Å². The van der Waals surface area contributed by atoms with Gasteiger partial charge in [-0.2, -0.15) is 0 Å². The zero-order chi connectivity index (χ0) is 21.0. The van der Waals surface area contributed by atoms with Gasteiger partial charge < -0.3 is 10.1 Å². The maximum absolute atomic E-state index is 13.0. The molecular weight excluding hydrogens is 386 g/mol. The Balaban J connectivity index is 1.87. The Hall–Kier alpha value is -2.93. The predicted octanol–water partition coefficient (Wildman–Crippen LogP) is 4.58. The second-order valence-electron chi connectivity index (χ2n) is 7.39. The lowest BCUT2D eigenvalue weighted by Gasteiger charge is -2.14. The topological polar surface area (TPSA) is 80.3 Å². The Morgan fingerprint density at radius 1 is 1.10 bits per heavy atom. The molecule has 2 N–H and O–H groups in total. The van der Waals surface area contributed by atoms with Crippen molar-refractivity contribution < 1.29 is 14.3 Å². The van der Waals surface area contributed by atoms with Crippen LogP contribution >= 0.6 is 11.3 Å². The number of nitrogens with zero attached hydrogens (tertiary/aromatic N) is 1. The summed E-state index contributed by atoms with van der Waals surface area (Å²) in [5.41, 5.74) is 1.30. The molecule has 3 rings (SSSR count). The quantitative estimate of drug-likeness (QED) is 0.597. The van der Waals surface area contributed by atoms with Crippen molar-refractivity contribution in [2.45, 2.75) is 39.7 Å². The van der Waals surface area contributed by atoms with E-state index >= 15 is 0 Å². The molecule has 0 spiro atoms. The van der Waals surface area contributed by atoms with Crippen molar-refractivity contribution in [2.75, 3.05) is 11.9 Å². The fourth-order valence-corrected chi connectivity index (χ4v) is 3.66. The van der Waals surface area contributed by atoms with Crippen LogP contribution in [0.3, 0.4) is 0 Å². The molecule has 0 radical (unpaired) electrons. The Morgan fingerprint density at radius 2 is 1.79 bits per heavy atom. The highest BCUT2D eigenvalue weighted by Gasteiger charge is 2.17. The van der Waals surface area contributed by atoms with Gasteiger partial charge in [-0.25, -0.2) is 4.98 Å². The average molecular weight is 412 g/mol. The normalized spacial score (nSPS) is 11.1. The summed E-state index contributed by atoms with van der Waals surface area (Å²) in [6.45, 7) is 7.71. The molecule has 0 aliphatic carbocycles. The lowest BCUT2D eigenvalue weighted by molar-refractivity contribution is -0.123. The number of carbonyl (C=O) groups excluding carboxylic acids is 2. The second kappa shape index (κ2) is 9.05. The van der Waals surface area contributed by atoms with Gasteiger partial charge >= 0.3 is 0 Å². The van der Waals surface area contributed by atoms with E-state index in [1.54, 1.807) is 12.1 Å². The minimum absolute atomic E-state index is 0.0190. The van der Waals surface area contributed by atoms with E-state index in [4.69, 9.17) is 4.74 Å². The molecule has 0 atom stereocenters. The molecule has 152 valence electrons. The van der Waals surface area contributed by atoms with Crippen LogP contribution in [0.5, 0.6) is 5.75 Å². The lowest BCUT2D eigenvalue weighted by atomic mass is 10.1. The molecule has 3 aromatic rings. The molecule has 1 aromatic heterocycles. The molecule has 0 unspecified atom stereocenters. The molecular formula is C22H25N3O3S. The Morgan fingerprint density at radius 3 is 2.41 bits per heavy atom. The largest absolute Gasteiger partial charge is 0.483 e. The molecule has 0 aliphatic rings. The van der Waals surface area contributed by atoms with Crippen molar-refractivity contribution in [3.05, 3.63) is 53.0 Å². The molecule has 0 bridgehead atoms. The SMILES string of the molecule is CC(C)NC(=O)COc1cc2ccccc2cc1C(=O)Nc1nc(C(C)C)cs1. The number of benzene rings is 2. The number of aromatic nitrogens is 1. The number of thiazole rings is 1. The van der Waals surface area contributed by atoms with Crippen LogP contribution in [0.4, 0.5) is 5.13 Å². The standard InChI is InChI=1S/C22H25N3O3S/c1-13(2)18-12-29-22(24-18)25-21(27)17-9-15-7-5-6-8-16(15)10-19(17)28-11-20(26)23-14(3)4/h5-10,12-14H,11H2,1-4H3,(H,23,26)(H,24,25,27). The molecule has 0 fully saturated rings. The molecule has 0 saturated carbocycles. The van der Waals surface area contributed by atoms with Crippen LogP contribution in [-0.2, 0) is 4.79 Å². The maximum atomic E-state index is 13.0. The first-order chi connectivity index (χ1) is 13.8. The molecule has 7 heteroatoms. The molecule has 1 heterocycles. The van der Waals surface area contributed by atoms with Gasteiger partial charge in [0.2, 0.25) is 0 Å². The summed E-state index contributed by atoms with van der Waals surface area (Å²) in [4.78, 5) is 29.4. The zero-order valence-electron chi connectivity index (χ0n) is 17.0. The number of amides is 2. The van der Waals surface area contributed by atoms with E-state index in [-0.39, 0.29) is 30.4 Å². The monoisotopic (exact) mass is 411 g/mol. The van der Waals surface area contributed by atoms with Crippen LogP contribution in [0.2, 0.25) is 0 Å². The summed E-state index contributed by atoms with van der Waals surface area (Å²) < 4.78 is 5.72. The van der Waals surface area contributed by atoms with Crippen LogP contribution in [0, 0.1) is 0 Å². The van der Waals surface area contributed by atoms with Crippen molar-refractivity contribution >= 4 is 39.1 Å².